The minimum Gasteiger partial charge on any atom is -0.457 e. The summed E-state index contributed by atoms with van der Waals surface area (Å²) in [4.78, 5) is 1.18. The predicted molar refractivity (Wildman–Crippen MR) is 87.0 cm³/mol. The lowest BCUT2D eigenvalue weighted by Gasteiger charge is -2.14. The molecular formula is C16H18ClNOS. The van der Waals surface area contributed by atoms with Crippen molar-refractivity contribution in [2.24, 2.45) is 5.73 Å². The molecule has 0 unspecified atom stereocenters. The van der Waals surface area contributed by atoms with E-state index < -0.39 is 0 Å². The Hall–Kier alpha value is -1.16. The van der Waals surface area contributed by atoms with Crippen molar-refractivity contribution in [2.75, 3.05) is 5.75 Å². The highest BCUT2D eigenvalue weighted by molar-refractivity contribution is 7.99. The zero-order chi connectivity index (χ0) is 14.5. The number of hydrogen-bond acceptors (Lipinski definition) is 3. The van der Waals surface area contributed by atoms with Crippen LogP contribution in [0.2, 0.25) is 5.02 Å². The smallest absolute Gasteiger partial charge is 0.133 e. The Morgan fingerprint density at radius 1 is 1.25 bits per heavy atom. The fourth-order valence-electron chi connectivity index (χ4n) is 1.94. The number of halogens is 1. The summed E-state index contributed by atoms with van der Waals surface area (Å²) in [6.07, 6.45) is 0. The standard InChI is InChI=1S/C16H18ClNOS/c1-3-20-16-6-4-5-15(13(16)10-18)19-12-7-8-14(17)11(2)9-12/h4-9H,3,10,18H2,1-2H3. The van der Waals surface area contributed by atoms with Gasteiger partial charge in [0.15, 0.2) is 0 Å². The first-order chi connectivity index (χ1) is 9.65. The first-order valence-electron chi connectivity index (χ1n) is 6.54. The van der Waals surface area contributed by atoms with E-state index in [4.69, 9.17) is 22.1 Å². The van der Waals surface area contributed by atoms with Gasteiger partial charge in [0.25, 0.3) is 0 Å². The molecule has 0 heterocycles. The summed E-state index contributed by atoms with van der Waals surface area (Å²) in [5.41, 5.74) is 7.92. The molecule has 0 amide bonds. The molecule has 0 bridgehead atoms. The Kier molecular flexibility index (Phi) is 5.35. The molecule has 4 heteroatoms. The normalized spacial score (nSPS) is 10.6. The summed E-state index contributed by atoms with van der Waals surface area (Å²) >= 11 is 7.81. The molecule has 2 N–H and O–H groups in total. The van der Waals surface area contributed by atoms with Crippen LogP contribution in [0, 0.1) is 6.92 Å². The Bertz CT molecular complexity index is 601. The molecule has 20 heavy (non-hydrogen) atoms. The first kappa shape index (κ1) is 15.2. The molecule has 0 radical (unpaired) electrons. The SMILES string of the molecule is CCSc1cccc(Oc2ccc(Cl)c(C)c2)c1CN. The molecule has 0 saturated heterocycles. The Morgan fingerprint density at radius 3 is 2.70 bits per heavy atom. The average Bonchev–Trinajstić information content (AvgIpc) is 2.44. The Morgan fingerprint density at radius 2 is 2.05 bits per heavy atom. The van der Waals surface area contributed by atoms with E-state index in [-0.39, 0.29) is 0 Å². The van der Waals surface area contributed by atoms with Gasteiger partial charge in [-0.25, -0.2) is 0 Å². The number of nitrogens with two attached hydrogens (primary N) is 1. The van der Waals surface area contributed by atoms with Crippen molar-refractivity contribution in [3.63, 3.8) is 0 Å². The van der Waals surface area contributed by atoms with Crippen molar-refractivity contribution in [1.82, 2.24) is 0 Å². The molecule has 0 aliphatic heterocycles. The highest BCUT2D eigenvalue weighted by atomic mass is 35.5. The fourth-order valence-corrected chi connectivity index (χ4v) is 2.90. The number of thioether (sulfide) groups is 1. The molecule has 2 nitrogen and oxygen atoms in total. The van der Waals surface area contributed by atoms with Crippen molar-refractivity contribution >= 4 is 23.4 Å². The first-order valence-corrected chi connectivity index (χ1v) is 7.90. The van der Waals surface area contributed by atoms with Gasteiger partial charge in [-0.1, -0.05) is 24.6 Å². The molecule has 2 rings (SSSR count). The average molecular weight is 308 g/mol. The van der Waals surface area contributed by atoms with Gasteiger partial charge < -0.3 is 10.5 Å². The highest BCUT2D eigenvalue weighted by Gasteiger charge is 2.09. The van der Waals surface area contributed by atoms with Crippen molar-refractivity contribution in [2.45, 2.75) is 25.3 Å². The van der Waals surface area contributed by atoms with Gasteiger partial charge in [0, 0.05) is 22.0 Å². The van der Waals surface area contributed by atoms with Crippen LogP contribution in [0.4, 0.5) is 0 Å². The third kappa shape index (κ3) is 3.48. The summed E-state index contributed by atoms with van der Waals surface area (Å²) in [5, 5.41) is 0.742. The summed E-state index contributed by atoms with van der Waals surface area (Å²) in [6.45, 7) is 4.55. The third-order valence-corrected chi connectivity index (χ3v) is 4.36. The van der Waals surface area contributed by atoms with Crippen LogP contribution in [-0.4, -0.2) is 5.75 Å². The number of benzene rings is 2. The zero-order valence-electron chi connectivity index (χ0n) is 11.7. The molecule has 2 aromatic rings. The Balaban J connectivity index is 2.32. The number of ether oxygens (including phenoxy) is 1. The lowest BCUT2D eigenvalue weighted by atomic mass is 10.2. The lowest BCUT2D eigenvalue weighted by Crippen LogP contribution is -2.01. The van der Waals surface area contributed by atoms with Crippen LogP contribution >= 0.6 is 23.4 Å². The van der Waals surface area contributed by atoms with Gasteiger partial charge in [0.2, 0.25) is 0 Å². The van der Waals surface area contributed by atoms with E-state index in [9.17, 15) is 0 Å². The zero-order valence-corrected chi connectivity index (χ0v) is 13.2. The van der Waals surface area contributed by atoms with Crippen LogP contribution in [-0.2, 0) is 6.54 Å². The Labute approximate surface area is 129 Å². The quantitative estimate of drug-likeness (QED) is 0.788. The van der Waals surface area contributed by atoms with Crippen LogP contribution in [0.3, 0.4) is 0 Å². The molecule has 0 aliphatic rings. The lowest BCUT2D eigenvalue weighted by molar-refractivity contribution is 0.474. The number of aryl methyl sites for hydroxylation is 1. The summed E-state index contributed by atoms with van der Waals surface area (Å²) in [5.74, 6) is 2.60. The number of hydrogen-bond donors (Lipinski definition) is 1. The van der Waals surface area contributed by atoms with Crippen molar-refractivity contribution in [3.8, 4) is 11.5 Å². The fraction of sp³-hybridized carbons (Fsp3) is 0.250. The van der Waals surface area contributed by atoms with E-state index in [1.807, 2.05) is 37.3 Å². The van der Waals surface area contributed by atoms with Crippen molar-refractivity contribution in [3.05, 3.63) is 52.5 Å². The van der Waals surface area contributed by atoms with Crippen LogP contribution in [0.15, 0.2) is 41.3 Å². The van der Waals surface area contributed by atoms with E-state index in [2.05, 4.69) is 13.0 Å². The van der Waals surface area contributed by atoms with Crippen molar-refractivity contribution in [1.29, 1.82) is 0 Å². The second-order valence-electron chi connectivity index (χ2n) is 4.38. The van der Waals surface area contributed by atoms with Gasteiger partial charge in [-0.3, -0.25) is 0 Å². The maximum atomic E-state index is 6.03. The van der Waals surface area contributed by atoms with Gasteiger partial charge in [0.1, 0.15) is 11.5 Å². The van der Waals surface area contributed by atoms with E-state index in [0.29, 0.717) is 6.54 Å². The maximum Gasteiger partial charge on any atom is 0.133 e. The third-order valence-electron chi connectivity index (χ3n) is 2.95. The number of rotatable bonds is 5. The van der Waals surface area contributed by atoms with Crippen LogP contribution < -0.4 is 10.5 Å². The van der Waals surface area contributed by atoms with Crippen LogP contribution in [0.5, 0.6) is 11.5 Å². The van der Waals surface area contributed by atoms with Crippen molar-refractivity contribution < 1.29 is 4.74 Å². The minimum atomic E-state index is 0.463. The second kappa shape index (κ2) is 7.02. The summed E-state index contributed by atoms with van der Waals surface area (Å²) in [6, 6.07) is 11.7. The predicted octanol–water partition coefficient (Wildman–Crippen LogP) is 5.01. The van der Waals surface area contributed by atoms with E-state index in [1.54, 1.807) is 11.8 Å². The topological polar surface area (TPSA) is 35.2 Å². The van der Waals surface area contributed by atoms with Crippen LogP contribution in [0.25, 0.3) is 0 Å². The molecule has 0 saturated carbocycles. The van der Waals surface area contributed by atoms with Gasteiger partial charge in [0.05, 0.1) is 0 Å². The molecule has 0 fully saturated rings. The van der Waals surface area contributed by atoms with E-state index in [0.717, 1.165) is 33.4 Å². The molecular weight excluding hydrogens is 290 g/mol. The van der Waals surface area contributed by atoms with E-state index in [1.165, 1.54) is 4.90 Å². The summed E-state index contributed by atoms with van der Waals surface area (Å²) < 4.78 is 5.97. The maximum absolute atomic E-state index is 6.03. The minimum absolute atomic E-state index is 0.463. The second-order valence-corrected chi connectivity index (χ2v) is 6.10. The van der Waals surface area contributed by atoms with Gasteiger partial charge in [-0.15, -0.1) is 11.8 Å². The van der Waals surface area contributed by atoms with E-state index >= 15 is 0 Å². The molecule has 2 aromatic carbocycles. The van der Waals surface area contributed by atoms with Gasteiger partial charge >= 0.3 is 0 Å². The van der Waals surface area contributed by atoms with Crippen LogP contribution in [0.1, 0.15) is 18.1 Å². The van der Waals surface area contributed by atoms with Gasteiger partial charge in [-0.05, 0) is 48.6 Å². The molecule has 0 atom stereocenters. The largest absolute Gasteiger partial charge is 0.457 e. The molecule has 0 spiro atoms. The van der Waals surface area contributed by atoms with Gasteiger partial charge in [-0.2, -0.15) is 0 Å². The molecule has 0 aromatic heterocycles. The molecule has 106 valence electrons. The summed E-state index contributed by atoms with van der Waals surface area (Å²) in [7, 11) is 0. The molecule has 0 aliphatic carbocycles. The monoisotopic (exact) mass is 307 g/mol. The highest BCUT2D eigenvalue weighted by Crippen LogP contribution is 2.33.